The third-order valence-electron chi connectivity index (χ3n) is 14.0. The molecule has 64 heavy (non-hydrogen) atoms. The Morgan fingerprint density at radius 2 is 1.05 bits per heavy atom. The minimum Gasteiger partial charge on any atom is -0.311 e. The molecule has 0 radical (unpaired) electrons. The fourth-order valence-corrected chi connectivity index (χ4v) is 11.4. The first kappa shape index (κ1) is 36.3. The summed E-state index contributed by atoms with van der Waals surface area (Å²) in [5.41, 5.74) is 15.3. The zero-order chi connectivity index (χ0) is 42.6. The molecule has 0 N–H and O–H groups in total. The van der Waals surface area contributed by atoms with Gasteiger partial charge in [-0.2, -0.15) is 10.5 Å². The Balaban J connectivity index is 1.32. The van der Waals surface area contributed by atoms with E-state index < -0.39 is 0 Å². The van der Waals surface area contributed by atoms with Crippen LogP contribution in [0.1, 0.15) is 47.2 Å². The lowest BCUT2D eigenvalue weighted by Gasteiger charge is -2.30. The Morgan fingerprint density at radius 3 is 1.72 bits per heavy atom. The number of aryl methyl sites for hydroxylation is 1. The van der Waals surface area contributed by atoms with Crippen LogP contribution in [0.4, 0.5) is 0 Å². The van der Waals surface area contributed by atoms with Gasteiger partial charge >= 0.3 is 0 Å². The molecule has 0 fully saturated rings. The number of para-hydroxylation sites is 4. The number of rotatable bonds is 4. The van der Waals surface area contributed by atoms with Crippen molar-refractivity contribution >= 4 is 65.3 Å². The molecule has 11 aromatic rings. The number of benzene rings is 8. The minimum absolute atomic E-state index is 0.163. The molecule has 300 valence electrons. The van der Waals surface area contributed by atoms with Crippen LogP contribution in [-0.4, -0.2) is 13.7 Å². The van der Waals surface area contributed by atoms with Crippen LogP contribution in [-0.2, 0) is 12.8 Å². The Hall–Kier alpha value is -8.38. The maximum Gasteiger partial charge on any atom is 0.104 e. The number of fused-ring (bicyclic) bond motifs is 13. The van der Waals surface area contributed by atoms with E-state index in [0.29, 0.717) is 16.8 Å². The van der Waals surface area contributed by atoms with Gasteiger partial charge in [0.15, 0.2) is 0 Å². The predicted molar refractivity (Wildman–Crippen MR) is 262 cm³/mol. The molecule has 0 amide bonds. The molecule has 0 spiro atoms. The van der Waals surface area contributed by atoms with Crippen LogP contribution in [0.5, 0.6) is 0 Å². The maximum atomic E-state index is 12.1. The van der Waals surface area contributed by atoms with Gasteiger partial charge in [-0.3, -0.25) is 0 Å². The van der Waals surface area contributed by atoms with Gasteiger partial charge in [0.05, 0.1) is 44.6 Å². The van der Waals surface area contributed by atoms with E-state index >= 15 is 0 Å². The number of hydrogen-bond acceptors (Lipinski definition) is 2. The van der Waals surface area contributed by atoms with Crippen molar-refractivity contribution in [1.82, 2.24) is 13.7 Å². The molecular formula is C59H39N5. The molecule has 1 atom stereocenters. The van der Waals surface area contributed by atoms with Crippen LogP contribution in [0.2, 0.25) is 0 Å². The van der Waals surface area contributed by atoms with E-state index in [0.717, 1.165) is 101 Å². The van der Waals surface area contributed by atoms with Crippen molar-refractivity contribution in [3.8, 4) is 40.3 Å². The van der Waals surface area contributed by atoms with E-state index in [4.69, 9.17) is 0 Å². The second kappa shape index (κ2) is 13.8. The Bertz CT molecular complexity index is 3930. The molecule has 13 rings (SSSR count). The molecule has 5 heteroatoms. The first-order valence-corrected chi connectivity index (χ1v) is 22.1. The van der Waals surface area contributed by atoms with Gasteiger partial charge in [0.1, 0.15) is 23.3 Å². The highest BCUT2D eigenvalue weighted by Gasteiger charge is 2.36. The minimum atomic E-state index is -0.163. The molecule has 3 aromatic heterocycles. The number of nitriles is 2. The summed E-state index contributed by atoms with van der Waals surface area (Å²) in [7, 11) is 0. The summed E-state index contributed by atoms with van der Waals surface area (Å²) in [6.07, 6.45) is 9.21. The molecule has 0 aliphatic heterocycles. The van der Waals surface area contributed by atoms with Crippen LogP contribution in [0, 0.1) is 22.7 Å². The molecule has 5 nitrogen and oxygen atoms in total. The Labute approximate surface area is 369 Å². The van der Waals surface area contributed by atoms with Gasteiger partial charge in [0.25, 0.3) is 0 Å². The molecule has 0 saturated heterocycles. The van der Waals surface area contributed by atoms with Crippen molar-refractivity contribution in [3.05, 3.63) is 209 Å². The fraction of sp³-hybridized carbons (Fsp3) is 0.0847. The summed E-state index contributed by atoms with van der Waals surface area (Å²) >= 11 is 0. The zero-order valence-electron chi connectivity index (χ0n) is 35.2. The number of allylic oxidation sites excluding steroid dienone is 4. The van der Waals surface area contributed by atoms with Crippen LogP contribution in [0.25, 0.3) is 93.5 Å². The van der Waals surface area contributed by atoms with Gasteiger partial charge < -0.3 is 13.7 Å². The molecule has 1 unspecified atom stereocenters. The van der Waals surface area contributed by atoms with Crippen molar-refractivity contribution < 1.29 is 0 Å². The van der Waals surface area contributed by atoms with Gasteiger partial charge in [0.2, 0.25) is 0 Å². The third kappa shape index (κ3) is 4.93. The second-order valence-electron chi connectivity index (χ2n) is 17.3. The zero-order valence-corrected chi connectivity index (χ0v) is 35.2. The van der Waals surface area contributed by atoms with E-state index in [1.54, 1.807) is 0 Å². The second-order valence-corrected chi connectivity index (χ2v) is 17.3. The van der Waals surface area contributed by atoms with Crippen molar-refractivity contribution in [1.29, 1.82) is 10.5 Å². The van der Waals surface area contributed by atoms with E-state index in [2.05, 4.69) is 209 Å². The summed E-state index contributed by atoms with van der Waals surface area (Å²) < 4.78 is 6.99. The molecule has 3 heterocycles. The molecule has 0 saturated carbocycles. The van der Waals surface area contributed by atoms with E-state index in [1.165, 1.54) is 28.0 Å². The molecule has 8 aromatic carbocycles. The largest absolute Gasteiger partial charge is 0.311 e. The van der Waals surface area contributed by atoms with Gasteiger partial charge in [-0.1, -0.05) is 151 Å². The van der Waals surface area contributed by atoms with Gasteiger partial charge in [-0.25, -0.2) is 0 Å². The van der Waals surface area contributed by atoms with Crippen molar-refractivity contribution in [2.75, 3.05) is 0 Å². The van der Waals surface area contributed by atoms with Crippen LogP contribution < -0.4 is 0 Å². The molecule has 2 aliphatic rings. The number of hydrogen-bond donors (Lipinski definition) is 0. The Kier molecular flexibility index (Phi) is 7.83. The smallest absolute Gasteiger partial charge is 0.104 e. The predicted octanol–water partition coefficient (Wildman–Crippen LogP) is 14.5. The average Bonchev–Trinajstić information content (AvgIpc) is 3.99. The summed E-state index contributed by atoms with van der Waals surface area (Å²) in [4.78, 5) is 0. The monoisotopic (exact) mass is 817 g/mol. The molecule has 2 aliphatic carbocycles. The number of nitrogens with zero attached hydrogens (tertiary/aromatic N) is 5. The average molecular weight is 818 g/mol. The SMILES string of the molecule is CC1=CCC(c2c(-n3c4c(c5ccccc53)-c3ccccc3CC4)c(C#N)c(-n3c4ccccc4c4ccccc43)c(C#N)c2-n2c3ccccc3c3c4ccccc4ccc32)C=C1. The third-order valence-corrected chi connectivity index (χ3v) is 14.0. The summed E-state index contributed by atoms with van der Waals surface area (Å²) in [6, 6.07) is 61.6. The van der Waals surface area contributed by atoms with Crippen molar-refractivity contribution in [3.63, 3.8) is 0 Å². The van der Waals surface area contributed by atoms with Crippen LogP contribution in [0.15, 0.2) is 182 Å². The topological polar surface area (TPSA) is 62.4 Å². The number of aromatic nitrogens is 3. The molecular weight excluding hydrogens is 779 g/mol. The van der Waals surface area contributed by atoms with Crippen molar-refractivity contribution in [2.45, 2.75) is 32.1 Å². The summed E-state index contributed by atoms with van der Waals surface area (Å²) in [6.45, 7) is 2.15. The fourth-order valence-electron chi connectivity index (χ4n) is 11.4. The quantitative estimate of drug-likeness (QED) is 0.178. The normalized spacial score (nSPS) is 14.6. The van der Waals surface area contributed by atoms with Gasteiger partial charge in [-0.15, -0.1) is 0 Å². The van der Waals surface area contributed by atoms with Gasteiger partial charge in [0, 0.05) is 49.7 Å². The molecule has 0 bridgehead atoms. The summed E-state index contributed by atoms with van der Waals surface area (Å²) in [5, 5.41) is 32.1. The standard InChI is InChI=1S/C59H39N5/c1-36-26-28-39(29-27-36)54-58(63-50-24-12-8-20-44(50)55-40-16-4-2-14-37(40)30-32-52(55)63)46(34-60)57(62-48-22-10-6-18-42(48)43-19-7-11-23-49(43)62)47(35-61)59(54)64-51-25-13-9-21-45(51)56-41-17-5-3-15-38(41)31-33-53(56)64/h2-28,30,32,39H,29,31,33H2,1H3. The first-order valence-electron chi connectivity index (χ1n) is 22.1. The lowest BCUT2D eigenvalue weighted by molar-refractivity contribution is 0.803. The summed E-state index contributed by atoms with van der Waals surface area (Å²) in [5.74, 6) is -0.163. The highest BCUT2D eigenvalue weighted by molar-refractivity contribution is 6.21. The maximum absolute atomic E-state index is 12.1. The van der Waals surface area contributed by atoms with Crippen LogP contribution >= 0.6 is 0 Å². The van der Waals surface area contributed by atoms with Crippen LogP contribution in [0.3, 0.4) is 0 Å². The highest BCUT2D eigenvalue weighted by atomic mass is 15.1. The van der Waals surface area contributed by atoms with E-state index in [1.807, 2.05) is 0 Å². The first-order chi connectivity index (χ1) is 31.6. The van der Waals surface area contributed by atoms with Crippen molar-refractivity contribution in [2.24, 2.45) is 0 Å². The van der Waals surface area contributed by atoms with E-state index in [9.17, 15) is 10.5 Å². The lowest BCUT2D eigenvalue weighted by Crippen LogP contribution is -2.19. The Morgan fingerprint density at radius 1 is 0.500 bits per heavy atom. The highest BCUT2D eigenvalue weighted by Crippen LogP contribution is 2.51. The lowest BCUT2D eigenvalue weighted by atomic mass is 9.83. The van der Waals surface area contributed by atoms with Gasteiger partial charge in [-0.05, 0) is 78.4 Å². The van der Waals surface area contributed by atoms with E-state index in [-0.39, 0.29) is 5.92 Å².